The van der Waals surface area contributed by atoms with Gasteiger partial charge in [0.1, 0.15) is 30.4 Å². The Morgan fingerprint density at radius 3 is 2.39 bits per heavy atom. The van der Waals surface area contributed by atoms with Crippen molar-refractivity contribution in [3.05, 3.63) is 53.7 Å². The highest BCUT2D eigenvalue weighted by molar-refractivity contribution is 5.59. The molecule has 0 aliphatic rings. The maximum Gasteiger partial charge on any atom is 0.434 e. The van der Waals surface area contributed by atoms with Crippen LogP contribution < -0.4 is 9.47 Å². The molecule has 0 bridgehead atoms. The molecule has 0 aliphatic heterocycles. The van der Waals surface area contributed by atoms with Crippen molar-refractivity contribution in [2.75, 3.05) is 7.11 Å². The van der Waals surface area contributed by atoms with Gasteiger partial charge in [-0.2, -0.15) is 18.2 Å². The van der Waals surface area contributed by atoms with Gasteiger partial charge >= 0.3 is 6.18 Å². The van der Waals surface area contributed by atoms with Gasteiger partial charge < -0.3 is 14.0 Å². The standard InChI is InChI=1S/C17H13F5N4O2/c1-26-6-13(17(20,21)22)25-15(26)14-10(18)3-9(4-11(14)19)7-28-16-12(27-2)5-23-8-24-16/h3-6,8H,7H2,1-2H3. The summed E-state index contributed by atoms with van der Waals surface area (Å²) in [7, 11) is 2.59. The minimum absolute atomic E-state index is 0.0707. The molecule has 3 aromatic rings. The number of hydrogen-bond acceptors (Lipinski definition) is 5. The normalized spacial score (nSPS) is 11.5. The van der Waals surface area contributed by atoms with Crippen molar-refractivity contribution in [3.8, 4) is 23.0 Å². The average Bonchev–Trinajstić information content (AvgIpc) is 3.01. The van der Waals surface area contributed by atoms with E-state index in [9.17, 15) is 22.0 Å². The van der Waals surface area contributed by atoms with E-state index in [0.717, 1.165) is 16.7 Å². The summed E-state index contributed by atoms with van der Waals surface area (Å²) in [6.07, 6.45) is -1.51. The zero-order valence-electron chi connectivity index (χ0n) is 14.6. The SMILES string of the molecule is COc1cncnc1OCc1cc(F)c(-c2nc(C(F)(F)F)cn2C)c(F)c1. The summed E-state index contributed by atoms with van der Waals surface area (Å²) in [5.41, 5.74) is -1.81. The lowest BCUT2D eigenvalue weighted by molar-refractivity contribution is -0.140. The Labute approximate surface area is 155 Å². The van der Waals surface area contributed by atoms with Crippen molar-refractivity contribution in [2.24, 2.45) is 7.05 Å². The monoisotopic (exact) mass is 400 g/mol. The molecule has 0 saturated carbocycles. The Kier molecular flexibility index (Phi) is 5.16. The lowest BCUT2D eigenvalue weighted by atomic mass is 10.1. The molecule has 0 aliphatic carbocycles. The number of alkyl halides is 3. The van der Waals surface area contributed by atoms with Crippen molar-refractivity contribution in [2.45, 2.75) is 12.8 Å². The maximum atomic E-state index is 14.5. The van der Waals surface area contributed by atoms with Crippen LogP contribution in [0.4, 0.5) is 22.0 Å². The van der Waals surface area contributed by atoms with Gasteiger partial charge in [0.05, 0.1) is 18.9 Å². The van der Waals surface area contributed by atoms with Crippen LogP contribution in [0, 0.1) is 11.6 Å². The van der Waals surface area contributed by atoms with E-state index in [1.165, 1.54) is 26.7 Å². The Bertz CT molecular complexity index is 980. The van der Waals surface area contributed by atoms with E-state index < -0.39 is 34.9 Å². The van der Waals surface area contributed by atoms with Crippen molar-refractivity contribution in [1.29, 1.82) is 0 Å². The number of rotatable bonds is 5. The third-order valence-electron chi connectivity index (χ3n) is 3.73. The molecule has 0 fully saturated rings. The molecule has 11 heteroatoms. The minimum atomic E-state index is -4.73. The first-order valence-corrected chi connectivity index (χ1v) is 7.76. The molecule has 28 heavy (non-hydrogen) atoms. The summed E-state index contributed by atoms with van der Waals surface area (Å²) in [6, 6.07) is 1.90. The molecule has 2 aromatic heterocycles. The molecular formula is C17H13F5N4O2. The molecule has 0 atom stereocenters. The Morgan fingerprint density at radius 2 is 1.82 bits per heavy atom. The minimum Gasteiger partial charge on any atom is -0.490 e. The smallest absolute Gasteiger partial charge is 0.434 e. The number of aryl methyl sites for hydroxylation is 1. The van der Waals surface area contributed by atoms with Crippen LogP contribution in [-0.2, 0) is 19.8 Å². The van der Waals surface area contributed by atoms with Crippen molar-refractivity contribution in [3.63, 3.8) is 0 Å². The largest absolute Gasteiger partial charge is 0.490 e. The van der Waals surface area contributed by atoms with Gasteiger partial charge in [-0.3, -0.25) is 0 Å². The quantitative estimate of drug-likeness (QED) is 0.611. The van der Waals surface area contributed by atoms with Gasteiger partial charge in [0.2, 0.25) is 0 Å². The van der Waals surface area contributed by atoms with Crippen LogP contribution in [0.1, 0.15) is 11.3 Å². The predicted molar refractivity (Wildman–Crippen MR) is 86.5 cm³/mol. The van der Waals surface area contributed by atoms with Crippen LogP contribution in [0.25, 0.3) is 11.4 Å². The molecule has 1 aromatic carbocycles. The second kappa shape index (κ2) is 7.41. The molecule has 148 valence electrons. The van der Waals surface area contributed by atoms with Gasteiger partial charge in [-0.05, 0) is 17.7 Å². The van der Waals surface area contributed by atoms with E-state index >= 15 is 0 Å². The average molecular weight is 400 g/mol. The van der Waals surface area contributed by atoms with E-state index in [1.54, 1.807) is 0 Å². The van der Waals surface area contributed by atoms with Gasteiger partial charge in [0.15, 0.2) is 11.4 Å². The second-order valence-corrected chi connectivity index (χ2v) is 5.68. The van der Waals surface area contributed by atoms with E-state index in [0.29, 0.717) is 6.20 Å². The fraction of sp³-hybridized carbons (Fsp3) is 0.235. The van der Waals surface area contributed by atoms with E-state index in [-0.39, 0.29) is 23.8 Å². The molecule has 3 rings (SSSR count). The molecule has 0 radical (unpaired) electrons. The third kappa shape index (κ3) is 3.87. The summed E-state index contributed by atoms with van der Waals surface area (Å²) >= 11 is 0. The predicted octanol–water partition coefficient (Wildman–Crippen LogP) is 3.76. The zero-order chi connectivity index (χ0) is 20.5. The molecule has 6 nitrogen and oxygen atoms in total. The van der Waals surface area contributed by atoms with Crippen LogP contribution in [0.3, 0.4) is 0 Å². The van der Waals surface area contributed by atoms with Gasteiger partial charge in [0.25, 0.3) is 5.88 Å². The van der Waals surface area contributed by atoms with Crippen LogP contribution in [0.5, 0.6) is 11.6 Å². The number of aromatic nitrogens is 4. The van der Waals surface area contributed by atoms with E-state index in [4.69, 9.17) is 9.47 Å². The second-order valence-electron chi connectivity index (χ2n) is 5.68. The van der Waals surface area contributed by atoms with E-state index in [1.807, 2.05) is 0 Å². The first kappa shape index (κ1) is 19.5. The van der Waals surface area contributed by atoms with Crippen LogP contribution >= 0.6 is 0 Å². The number of hydrogen-bond donors (Lipinski definition) is 0. The maximum absolute atomic E-state index is 14.5. The topological polar surface area (TPSA) is 62.1 Å². The van der Waals surface area contributed by atoms with Gasteiger partial charge in [0, 0.05) is 13.2 Å². The van der Waals surface area contributed by atoms with E-state index in [2.05, 4.69) is 15.0 Å². The molecular weight excluding hydrogens is 387 g/mol. The molecule has 0 amide bonds. The van der Waals surface area contributed by atoms with Gasteiger partial charge in [-0.1, -0.05) is 0 Å². The van der Waals surface area contributed by atoms with Gasteiger partial charge in [-0.15, -0.1) is 0 Å². The number of halogens is 5. The molecule has 0 N–H and O–H groups in total. The van der Waals surface area contributed by atoms with Crippen LogP contribution in [0.15, 0.2) is 30.9 Å². The van der Waals surface area contributed by atoms with Gasteiger partial charge in [-0.25, -0.2) is 18.7 Å². The van der Waals surface area contributed by atoms with Crippen LogP contribution in [-0.4, -0.2) is 26.6 Å². The summed E-state index contributed by atoms with van der Waals surface area (Å²) in [5.74, 6) is -2.33. The lowest BCUT2D eigenvalue weighted by Gasteiger charge is -2.11. The van der Waals surface area contributed by atoms with Crippen molar-refractivity contribution in [1.82, 2.24) is 19.5 Å². The zero-order valence-corrected chi connectivity index (χ0v) is 14.6. The summed E-state index contributed by atoms with van der Waals surface area (Å²) in [5, 5.41) is 0. The number of ether oxygens (including phenoxy) is 2. The Balaban J connectivity index is 1.89. The van der Waals surface area contributed by atoms with Crippen molar-refractivity contribution >= 4 is 0 Å². The first-order chi connectivity index (χ1) is 13.2. The number of benzene rings is 1. The highest BCUT2D eigenvalue weighted by Gasteiger charge is 2.35. The summed E-state index contributed by atoms with van der Waals surface area (Å²) in [4.78, 5) is 10.9. The number of nitrogens with zero attached hydrogens (tertiary/aromatic N) is 4. The summed E-state index contributed by atoms with van der Waals surface area (Å²) in [6.45, 7) is -0.254. The Morgan fingerprint density at radius 1 is 1.14 bits per heavy atom. The molecule has 0 saturated heterocycles. The molecule has 2 heterocycles. The highest BCUT2D eigenvalue weighted by Crippen LogP contribution is 2.33. The Hall–Kier alpha value is -3.24. The third-order valence-corrected chi connectivity index (χ3v) is 3.73. The van der Waals surface area contributed by atoms with Crippen molar-refractivity contribution < 1.29 is 31.4 Å². The first-order valence-electron chi connectivity index (χ1n) is 7.76. The molecule has 0 spiro atoms. The number of imidazole rings is 1. The lowest BCUT2D eigenvalue weighted by Crippen LogP contribution is -2.05. The number of methoxy groups -OCH3 is 1. The molecule has 0 unspecified atom stereocenters. The summed E-state index contributed by atoms with van der Waals surface area (Å²) < 4.78 is 78.6. The highest BCUT2D eigenvalue weighted by atomic mass is 19.4. The van der Waals surface area contributed by atoms with Crippen LogP contribution in [0.2, 0.25) is 0 Å². The fourth-order valence-corrected chi connectivity index (χ4v) is 2.46. The fourth-order valence-electron chi connectivity index (χ4n) is 2.46.